The third kappa shape index (κ3) is 2.42. The van der Waals surface area contributed by atoms with Gasteiger partial charge in [-0.2, -0.15) is 0 Å². The summed E-state index contributed by atoms with van der Waals surface area (Å²) in [4.78, 5) is 12.0. The zero-order valence-corrected chi connectivity index (χ0v) is 10.7. The molecule has 0 fully saturated rings. The molecule has 2 nitrogen and oxygen atoms in total. The summed E-state index contributed by atoms with van der Waals surface area (Å²) < 4.78 is 18.7. The fraction of sp³-hybridized carbons (Fsp3) is 0.250. The minimum absolute atomic E-state index is 0.334. The maximum absolute atomic E-state index is 13.0. The molecule has 0 aliphatic carbocycles. The first kappa shape index (κ1) is 12.3. The molecule has 0 N–H and O–H groups in total. The standard InChI is InChI=1S/C12H10ClFO2S/c1-2-5-16-12(15)11-10(13)8-4-3-7(14)6-9(8)17-11/h3-4,6H,2,5H2,1H3. The Balaban J connectivity index is 2.41. The normalized spacial score (nSPS) is 10.8. The van der Waals surface area contributed by atoms with Crippen molar-refractivity contribution in [1.29, 1.82) is 0 Å². The van der Waals surface area contributed by atoms with Crippen LogP contribution in [0.2, 0.25) is 5.02 Å². The zero-order valence-electron chi connectivity index (χ0n) is 9.13. The molecule has 0 spiro atoms. The predicted octanol–water partition coefficient (Wildman–Crippen LogP) is 4.26. The molecule has 5 heteroatoms. The summed E-state index contributed by atoms with van der Waals surface area (Å²) in [6.07, 6.45) is 0.753. The highest BCUT2D eigenvalue weighted by atomic mass is 35.5. The van der Waals surface area contributed by atoms with Gasteiger partial charge in [-0.15, -0.1) is 11.3 Å². The van der Waals surface area contributed by atoms with E-state index >= 15 is 0 Å². The van der Waals surface area contributed by atoms with Crippen molar-refractivity contribution in [2.45, 2.75) is 13.3 Å². The Kier molecular flexibility index (Phi) is 3.64. The Morgan fingerprint density at radius 3 is 3.00 bits per heavy atom. The number of benzene rings is 1. The minimum atomic E-state index is -0.446. The van der Waals surface area contributed by atoms with Gasteiger partial charge in [-0.05, 0) is 24.6 Å². The van der Waals surface area contributed by atoms with Crippen molar-refractivity contribution >= 4 is 39.0 Å². The van der Waals surface area contributed by atoms with E-state index in [2.05, 4.69) is 0 Å². The van der Waals surface area contributed by atoms with Crippen molar-refractivity contribution in [2.24, 2.45) is 0 Å². The molecule has 0 bridgehead atoms. The van der Waals surface area contributed by atoms with Gasteiger partial charge in [-0.3, -0.25) is 0 Å². The fourth-order valence-corrected chi connectivity index (χ4v) is 2.86. The molecule has 1 heterocycles. The van der Waals surface area contributed by atoms with Crippen LogP contribution in [0.25, 0.3) is 10.1 Å². The van der Waals surface area contributed by atoms with Crippen LogP contribution < -0.4 is 0 Å². The highest BCUT2D eigenvalue weighted by Gasteiger charge is 2.18. The molecule has 17 heavy (non-hydrogen) atoms. The predicted molar refractivity (Wildman–Crippen MR) is 67.4 cm³/mol. The largest absolute Gasteiger partial charge is 0.461 e. The average molecular weight is 273 g/mol. The van der Waals surface area contributed by atoms with Crippen molar-refractivity contribution in [2.75, 3.05) is 6.61 Å². The van der Waals surface area contributed by atoms with Gasteiger partial charge in [0, 0.05) is 10.1 Å². The van der Waals surface area contributed by atoms with Gasteiger partial charge in [-0.1, -0.05) is 18.5 Å². The lowest BCUT2D eigenvalue weighted by Gasteiger charge is -2.00. The maximum atomic E-state index is 13.0. The smallest absolute Gasteiger partial charge is 0.349 e. The van der Waals surface area contributed by atoms with Gasteiger partial charge >= 0.3 is 5.97 Å². The van der Waals surface area contributed by atoms with Crippen LogP contribution >= 0.6 is 22.9 Å². The SMILES string of the molecule is CCCOC(=O)c1sc2cc(F)ccc2c1Cl. The molecule has 90 valence electrons. The lowest BCUT2D eigenvalue weighted by molar-refractivity contribution is 0.0511. The molecule has 0 atom stereocenters. The van der Waals surface area contributed by atoms with Crippen LogP contribution in [0.15, 0.2) is 18.2 Å². The van der Waals surface area contributed by atoms with Crippen molar-refractivity contribution in [1.82, 2.24) is 0 Å². The summed E-state index contributed by atoms with van der Waals surface area (Å²) in [6, 6.07) is 4.25. The molecule has 0 aliphatic rings. The molecular formula is C12H10ClFO2S. The topological polar surface area (TPSA) is 26.3 Å². The second-order valence-corrected chi connectivity index (χ2v) is 4.95. The van der Waals surface area contributed by atoms with E-state index in [1.807, 2.05) is 6.92 Å². The van der Waals surface area contributed by atoms with E-state index in [1.54, 1.807) is 6.07 Å². The molecule has 1 aromatic heterocycles. The molecule has 0 radical (unpaired) electrons. The molecule has 2 aromatic rings. The Morgan fingerprint density at radius 1 is 1.53 bits per heavy atom. The van der Waals surface area contributed by atoms with Crippen LogP contribution in [0.4, 0.5) is 4.39 Å². The number of hydrogen-bond donors (Lipinski definition) is 0. The van der Waals surface area contributed by atoms with E-state index in [9.17, 15) is 9.18 Å². The van der Waals surface area contributed by atoms with E-state index in [0.717, 1.165) is 17.8 Å². The summed E-state index contributed by atoms with van der Waals surface area (Å²) in [6.45, 7) is 2.27. The quantitative estimate of drug-likeness (QED) is 0.781. The average Bonchev–Trinajstić information content (AvgIpc) is 2.63. The Hall–Kier alpha value is -1.13. The fourth-order valence-electron chi connectivity index (χ4n) is 1.43. The third-order valence-corrected chi connectivity index (χ3v) is 3.85. The van der Waals surface area contributed by atoms with Crippen LogP contribution in [-0.4, -0.2) is 12.6 Å². The number of thiophene rings is 1. The summed E-state index contributed by atoms with van der Waals surface area (Å²) >= 11 is 7.22. The van der Waals surface area contributed by atoms with Crippen LogP contribution in [0.3, 0.4) is 0 Å². The van der Waals surface area contributed by atoms with E-state index in [1.165, 1.54) is 12.1 Å². The van der Waals surface area contributed by atoms with Crippen LogP contribution in [0.1, 0.15) is 23.0 Å². The van der Waals surface area contributed by atoms with Crippen LogP contribution in [0.5, 0.6) is 0 Å². The Bertz CT molecular complexity index is 565. The van der Waals surface area contributed by atoms with Crippen LogP contribution in [-0.2, 0) is 4.74 Å². The zero-order chi connectivity index (χ0) is 12.4. The third-order valence-electron chi connectivity index (χ3n) is 2.21. The van der Waals surface area contributed by atoms with Gasteiger partial charge in [0.15, 0.2) is 0 Å². The van der Waals surface area contributed by atoms with Crippen molar-refractivity contribution in [3.8, 4) is 0 Å². The number of halogens is 2. The molecule has 0 amide bonds. The number of ether oxygens (including phenoxy) is 1. The van der Waals surface area contributed by atoms with Crippen LogP contribution in [0, 0.1) is 5.82 Å². The van der Waals surface area contributed by atoms with E-state index in [0.29, 0.717) is 26.6 Å². The maximum Gasteiger partial charge on any atom is 0.349 e. The van der Waals surface area contributed by atoms with Crippen molar-refractivity contribution < 1.29 is 13.9 Å². The van der Waals surface area contributed by atoms with Gasteiger partial charge < -0.3 is 4.74 Å². The second kappa shape index (κ2) is 5.02. The lowest BCUT2D eigenvalue weighted by Crippen LogP contribution is -2.03. The first-order chi connectivity index (χ1) is 8.13. The molecule has 0 saturated heterocycles. The molecule has 0 unspecified atom stereocenters. The molecule has 1 aromatic carbocycles. The lowest BCUT2D eigenvalue weighted by atomic mass is 10.2. The molecular weight excluding hydrogens is 263 g/mol. The summed E-state index contributed by atoms with van der Waals surface area (Å²) in [5.41, 5.74) is 0. The van der Waals surface area contributed by atoms with E-state index in [4.69, 9.17) is 16.3 Å². The number of carbonyl (C=O) groups excluding carboxylic acids is 1. The molecule has 0 saturated carbocycles. The molecule has 2 rings (SSSR count). The highest BCUT2D eigenvalue weighted by Crippen LogP contribution is 2.36. The number of carbonyl (C=O) groups is 1. The van der Waals surface area contributed by atoms with Gasteiger partial charge in [0.1, 0.15) is 10.7 Å². The number of rotatable bonds is 3. The monoisotopic (exact) mass is 272 g/mol. The van der Waals surface area contributed by atoms with Gasteiger partial charge in [0.05, 0.1) is 11.6 Å². The van der Waals surface area contributed by atoms with Gasteiger partial charge in [-0.25, -0.2) is 9.18 Å². The van der Waals surface area contributed by atoms with Gasteiger partial charge in [0.25, 0.3) is 0 Å². The first-order valence-corrected chi connectivity index (χ1v) is 6.37. The van der Waals surface area contributed by atoms with Crippen molar-refractivity contribution in [3.63, 3.8) is 0 Å². The Morgan fingerprint density at radius 2 is 2.29 bits per heavy atom. The number of fused-ring (bicyclic) bond motifs is 1. The van der Waals surface area contributed by atoms with Crippen molar-refractivity contribution in [3.05, 3.63) is 33.9 Å². The summed E-state index contributed by atoms with van der Waals surface area (Å²) in [5, 5.41) is 1.02. The number of esters is 1. The van der Waals surface area contributed by atoms with Gasteiger partial charge in [0.2, 0.25) is 0 Å². The summed E-state index contributed by atoms with van der Waals surface area (Å²) in [5.74, 6) is -0.789. The number of hydrogen-bond acceptors (Lipinski definition) is 3. The highest BCUT2D eigenvalue weighted by molar-refractivity contribution is 7.21. The minimum Gasteiger partial charge on any atom is -0.461 e. The molecule has 0 aliphatic heterocycles. The second-order valence-electron chi connectivity index (χ2n) is 3.52. The summed E-state index contributed by atoms with van der Waals surface area (Å²) in [7, 11) is 0. The van der Waals surface area contributed by atoms with E-state index in [-0.39, 0.29) is 5.82 Å². The van der Waals surface area contributed by atoms with E-state index < -0.39 is 5.97 Å². The Labute approximate surface area is 107 Å². The first-order valence-electron chi connectivity index (χ1n) is 5.18.